The highest BCUT2D eigenvalue weighted by Crippen LogP contribution is 2.33. The summed E-state index contributed by atoms with van der Waals surface area (Å²) in [6.45, 7) is 0.596. The summed E-state index contributed by atoms with van der Waals surface area (Å²) in [5.41, 5.74) is 8.86. The smallest absolute Gasteiger partial charge is 0.339 e. The van der Waals surface area contributed by atoms with Crippen LogP contribution in [0.15, 0.2) is 48.8 Å². The molecule has 0 aliphatic rings. The van der Waals surface area contributed by atoms with Gasteiger partial charge in [-0.3, -0.25) is 0 Å². The lowest BCUT2D eigenvalue weighted by Crippen LogP contribution is -2.19. The summed E-state index contributed by atoms with van der Waals surface area (Å²) in [6.07, 6.45) is 2.15. The number of aromatic nitrogens is 2. The molecule has 0 amide bonds. The molecule has 0 bridgehead atoms. The second kappa shape index (κ2) is 10.3. The monoisotopic (exact) mass is 437 g/mol. The molecule has 0 spiro atoms. The Hall–Kier alpha value is -4.01. The Labute approximate surface area is 187 Å². The molecule has 3 aromatic rings. The van der Waals surface area contributed by atoms with Gasteiger partial charge in [-0.15, -0.1) is 0 Å². The van der Waals surface area contributed by atoms with Crippen LogP contribution in [0.3, 0.4) is 0 Å². The second-order valence-corrected chi connectivity index (χ2v) is 6.89. The lowest BCUT2D eigenvalue weighted by Gasteiger charge is -2.23. The zero-order valence-corrected chi connectivity index (χ0v) is 18.6. The number of carbonyl (C=O) groups excluding carboxylic acids is 1. The van der Waals surface area contributed by atoms with Gasteiger partial charge in [-0.05, 0) is 36.2 Å². The first-order chi connectivity index (χ1) is 15.5. The summed E-state index contributed by atoms with van der Waals surface area (Å²) in [4.78, 5) is 22.5. The molecule has 32 heavy (non-hydrogen) atoms. The fourth-order valence-electron chi connectivity index (χ4n) is 3.32. The summed E-state index contributed by atoms with van der Waals surface area (Å²) in [6, 6.07) is 12.9. The number of nitrogens with one attached hydrogen (secondary N) is 1. The maximum atomic E-state index is 12.1. The normalized spacial score (nSPS) is 10.4. The molecule has 3 rings (SSSR count). The quantitative estimate of drug-likeness (QED) is 0.487. The Kier molecular flexibility index (Phi) is 7.33. The van der Waals surface area contributed by atoms with Crippen molar-refractivity contribution in [2.45, 2.75) is 6.42 Å². The van der Waals surface area contributed by atoms with E-state index >= 15 is 0 Å². The molecule has 1 aromatic heterocycles. The molecule has 9 heteroatoms. The average molecular weight is 438 g/mol. The second-order valence-electron chi connectivity index (χ2n) is 6.89. The number of carbonyl (C=O) groups is 1. The van der Waals surface area contributed by atoms with Crippen molar-refractivity contribution in [2.24, 2.45) is 0 Å². The summed E-state index contributed by atoms with van der Waals surface area (Å²) >= 11 is 0. The largest absolute Gasteiger partial charge is 0.493 e. The number of para-hydroxylation sites is 1. The predicted octanol–water partition coefficient (Wildman–Crippen LogP) is 3.29. The van der Waals surface area contributed by atoms with E-state index in [1.165, 1.54) is 13.4 Å². The molecule has 9 nitrogen and oxygen atoms in total. The highest BCUT2D eigenvalue weighted by atomic mass is 16.5. The number of nitrogens with two attached hydrogens (primary N) is 1. The van der Waals surface area contributed by atoms with Crippen molar-refractivity contribution in [1.82, 2.24) is 9.97 Å². The van der Waals surface area contributed by atoms with Crippen LogP contribution in [0.4, 0.5) is 23.0 Å². The van der Waals surface area contributed by atoms with Crippen LogP contribution in [0.5, 0.6) is 11.5 Å². The molecule has 1 heterocycles. The van der Waals surface area contributed by atoms with Crippen LogP contribution in [0, 0.1) is 0 Å². The summed E-state index contributed by atoms with van der Waals surface area (Å²) in [7, 11) is 6.35. The van der Waals surface area contributed by atoms with Gasteiger partial charge in [0.1, 0.15) is 12.0 Å². The number of esters is 1. The van der Waals surface area contributed by atoms with Crippen LogP contribution in [-0.2, 0) is 11.2 Å². The number of hydrogen-bond acceptors (Lipinski definition) is 9. The van der Waals surface area contributed by atoms with E-state index in [2.05, 4.69) is 15.3 Å². The number of nitrogens with zero attached hydrogens (tertiary/aromatic N) is 3. The van der Waals surface area contributed by atoms with Gasteiger partial charge in [0.05, 0.1) is 32.6 Å². The van der Waals surface area contributed by atoms with Crippen LogP contribution in [0.25, 0.3) is 0 Å². The number of anilines is 4. The summed E-state index contributed by atoms with van der Waals surface area (Å²) < 4.78 is 15.5. The van der Waals surface area contributed by atoms with E-state index in [1.807, 2.05) is 24.3 Å². The lowest BCUT2D eigenvalue weighted by atomic mass is 10.1. The van der Waals surface area contributed by atoms with Crippen molar-refractivity contribution < 1.29 is 19.0 Å². The molecule has 0 atom stereocenters. The number of ether oxygens (including phenoxy) is 3. The zero-order chi connectivity index (χ0) is 23.1. The Morgan fingerprint density at radius 1 is 1.06 bits per heavy atom. The van der Waals surface area contributed by atoms with E-state index in [1.54, 1.807) is 44.4 Å². The first-order valence-corrected chi connectivity index (χ1v) is 9.96. The third-order valence-electron chi connectivity index (χ3n) is 5.01. The molecule has 168 valence electrons. The molecule has 2 aromatic carbocycles. The Bertz CT molecular complexity index is 1090. The molecule has 0 saturated heterocycles. The molecule has 0 aliphatic carbocycles. The van der Waals surface area contributed by atoms with Crippen molar-refractivity contribution in [1.29, 1.82) is 0 Å². The van der Waals surface area contributed by atoms with E-state index in [4.69, 9.17) is 19.9 Å². The number of methoxy groups -OCH3 is 3. The van der Waals surface area contributed by atoms with Gasteiger partial charge < -0.3 is 30.2 Å². The molecular weight excluding hydrogens is 410 g/mol. The van der Waals surface area contributed by atoms with Crippen molar-refractivity contribution in [3.8, 4) is 11.5 Å². The Balaban J connectivity index is 1.76. The van der Waals surface area contributed by atoms with Crippen LogP contribution in [0.2, 0.25) is 0 Å². The minimum atomic E-state index is -0.437. The minimum Gasteiger partial charge on any atom is -0.493 e. The number of rotatable bonds is 9. The lowest BCUT2D eigenvalue weighted by molar-refractivity contribution is 0.0601. The fraction of sp³-hybridized carbons (Fsp3) is 0.261. The average Bonchev–Trinajstić information content (AvgIpc) is 2.84. The molecule has 0 fully saturated rings. The van der Waals surface area contributed by atoms with Gasteiger partial charge in [-0.2, -0.15) is 0 Å². The maximum Gasteiger partial charge on any atom is 0.339 e. The van der Waals surface area contributed by atoms with E-state index in [0.29, 0.717) is 46.6 Å². The third kappa shape index (κ3) is 4.83. The standard InChI is InChI=1S/C23H27N5O4/c1-28(17-8-6-5-7-16(17)23(29)32-4)22-20(24)21(26-14-27-22)25-12-11-15-9-10-18(30-2)19(13-15)31-3/h5-10,13-14H,11-12,24H2,1-4H3,(H,25,26,27). The molecule has 0 unspecified atom stereocenters. The predicted molar refractivity (Wildman–Crippen MR) is 124 cm³/mol. The van der Waals surface area contributed by atoms with Gasteiger partial charge >= 0.3 is 5.97 Å². The molecular formula is C23H27N5O4. The molecule has 3 N–H and O–H groups in total. The first kappa shape index (κ1) is 22.7. The van der Waals surface area contributed by atoms with E-state index in [9.17, 15) is 4.79 Å². The fourth-order valence-corrected chi connectivity index (χ4v) is 3.32. The van der Waals surface area contributed by atoms with Gasteiger partial charge in [-0.1, -0.05) is 18.2 Å². The van der Waals surface area contributed by atoms with E-state index in [-0.39, 0.29) is 0 Å². The SMILES string of the molecule is COC(=O)c1ccccc1N(C)c1ncnc(NCCc2ccc(OC)c(OC)c2)c1N. The van der Waals surface area contributed by atoms with Crippen LogP contribution >= 0.6 is 0 Å². The topological polar surface area (TPSA) is 112 Å². The van der Waals surface area contributed by atoms with Gasteiger partial charge in [0.25, 0.3) is 0 Å². The third-order valence-corrected chi connectivity index (χ3v) is 5.01. The summed E-state index contributed by atoms with van der Waals surface area (Å²) in [5, 5.41) is 3.26. The van der Waals surface area contributed by atoms with Crippen molar-refractivity contribution in [3.05, 3.63) is 59.9 Å². The first-order valence-electron chi connectivity index (χ1n) is 9.96. The van der Waals surface area contributed by atoms with Crippen LogP contribution in [-0.4, -0.2) is 50.9 Å². The van der Waals surface area contributed by atoms with Gasteiger partial charge in [0, 0.05) is 13.6 Å². The Morgan fingerprint density at radius 2 is 1.81 bits per heavy atom. The van der Waals surface area contributed by atoms with Crippen molar-refractivity contribution in [3.63, 3.8) is 0 Å². The summed E-state index contributed by atoms with van der Waals surface area (Å²) in [5.74, 6) is 1.92. The molecule has 0 radical (unpaired) electrons. The van der Waals surface area contributed by atoms with Crippen LogP contribution in [0.1, 0.15) is 15.9 Å². The van der Waals surface area contributed by atoms with E-state index in [0.717, 1.165) is 12.0 Å². The highest BCUT2D eigenvalue weighted by Gasteiger charge is 2.19. The Morgan fingerprint density at radius 3 is 2.53 bits per heavy atom. The van der Waals surface area contributed by atoms with Gasteiger partial charge in [-0.25, -0.2) is 14.8 Å². The number of nitrogen functional groups attached to an aromatic ring is 1. The van der Waals surface area contributed by atoms with Crippen molar-refractivity contribution in [2.75, 3.05) is 50.9 Å². The highest BCUT2D eigenvalue weighted by molar-refractivity contribution is 5.97. The number of hydrogen-bond donors (Lipinski definition) is 2. The van der Waals surface area contributed by atoms with Crippen LogP contribution < -0.4 is 25.4 Å². The van der Waals surface area contributed by atoms with Crippen molar-refractivity contribution >= 4 is 29.0 Å². The zero-order valence-electron chi connectivity index (χ0n) is 18.6. The van der Waals surface area contributed by atoms with Gasteiger partial charge in [0.15, 0.2) is 23.1 Å². The van der Waals surface area contributed by atoms with Gasteiger partial charge in [0.2, 0.25) is 0 Å². The maximum absolute atomic E-state index is 12.1. The minimum absolute atomic E-state index is 0.377. The number of benzene rings is 2. The molecule has 0 saturated carbocycles. The molecule has 0 aliphatic heterocycles. The van der Waals surface area contributed by atoms with E-state index < -0.39 is 5.97 Å².